The van der Waals surface area contributed by atoms with Gasteiger partial charge >= 0.3 is 6.03 Å². The second-order valence-electron chi connectivity index (χ2n) is 6.94. The molecule has 1 fully saturated rings. The Bertz CT molecular complexity index is 692. The van der Waals surface area contributed by atoms with Gasteiger partial charge in [0.2, 0.25) is 5.91 Å². The van der Waals surface area contributed by atoms with Gasteiger partial charge in [0.05, 0.1) is 16.9 Å². The minimum Gasteiger partial charge on any atom is -0.339 e. The Kier molecular flexibility index (Phi) is 6.18. The first kappa shape index (κ1) is 19.7. The molecule has 0 aliphatic carbocycles. The average molecular weight is 362 g/mol. The van der Waals surface area contributed by atoms with E-state index in [4.69, 9.17) is 0 Å². The molecule has 1 aliphatic heterocycles. The maximum atomic E-state index is 12.9. The molecule has 2 rings (SSSR count). The number of benzene rings is 1. The average Bonchev–Trinajstić information content (AvgIpc) is 2.65. The van der Waals surface area contributed by atoms with Crippen molar-refractivity contribution >= 4 is 17.6 Å². The standard InChI is InChI=1S/C18H26N4O4/c1-13(14-7-5-9-16(11-14)22(25)26)20(4)17(23)15-8-6-10-21(12-15)18(24)19(2)3/h5,7,9,11,13,15H,6,8,10,12H2,1-4H3. The lowest BCUT2D eigenvalue weighted by atomic mass is 9.95. The van der Waals surface area contributed by atoms with E-state index in [-0.39, 0.29) is 29.6 Å². The fourth-order valence-electron chi connectivity index (χ4n) is 3.24. The number of nitro groups is 1. The van der Waals surface area contributed by atoms with Gasteiger partial charge in [0.25, 0.3) is 5.69 Å². The number of amides is 3. The van der Waals surface area contributed by atoms with Gasteiger partial charge in [0.1, 0.15) is 0 Å². The van der Waals surface area contributed by atoms with Crippen molar-refractivity contribution in [2.75, 3.05) is 34.2 Å². The second-order valence-corrected chi connectivity index (χ2v) is 6.94. The lowest BCUT2D eigenvalue weighted by molar-refractivity contribution is -0.384. The fourth-order valence-corrected chi connectivity index (χ4v) is 3.24. The number of hydrogen-bond donors (Lipinski definition) is 0. The van der Waals surface area contributed by atoms with Crippen LogP contribution < -0.4 is 0 Å². The summed E-state index contributed by atoms with van der Waals surface area (Å²) >= 11 is 0. The van der Waals surface area contributed by atoms with E-state index in [0.717, 1.165) is 12.8 Å². The molecule has 1 saturated heterocycles. The normalized spacial score (nSPS) is 18.2. The molecule has 0 radical (unpaired) electrons. The molecule has 1 aromatic carbocycles. The molecule has 142 valence electrons. The van der Waals surface area contributed by atoms with Crippen molar-refractivity contribution in [1.29, 1.82) is 0 Å². The van der Waals surface area contributed by atoms with Crippen LogP contribution in [0.25, 0.3) is 0 Å². The van der Waals surface area contributed by atoms with E-state index >= 15 is 0 Å². The smallest absolute Gasteiger partial charge is 0.319 e. The molecule has 0 spiro atoms. The van der Waals surface area contributed by atoms with Crippen molar-refractivity contribution in [1.82, 2.24) is 14.7 Å². The zero-order valence-electron chi connectivity index (χ0n) is 15.7. The van der Waals surface area contributed by atoms with E-state index in [1.165, 1.54) is 17.0 Å². The zero-order valence-corrected chi connectivity index (χ0v) is 15.7. The number of carbonyl (C=O) groups excluding carboxylic acids is 2. The molecule has 26 heavy (non-hydrogen) atoms. The highest BCUT2D eigenvalue weighted by Gasteiger charge is 2.32. The summed E-state index contributed by atoms with van der Waals surface area (Å²) in [4.78, 5) is 40.4. The third kappa shape index (κ3) is 4.30. The van der Waals surface area contributed by atoms with Crippen LogP contribution in [0.3, 0.4) is 0 Å². The number of hydrogen-bond acceptors (Lipinski definition) is 4. The van der Waals surface area contributed by atoms with Gasteiger partial charge in [-0.2, -0.15) is 0 Å². The fraction of sp³-hybridized carbons (Fsp3) is 0.556. The van der Waals surface area contributed by atoms with Gasteiger partial charge in [0.15, 0.2) is 0 Å². The Morgan fingerprint density at radius 3 is 2.62 bits per heavy atom. The summed E-state index contributed by atoms with van der Waals surface area (Å²) in [6.07, 6.45) is 1.52. The van der Waals surface area contributed by atoms with Crippen LogP contribution in [0, 0.1) is 16.0 Å². The molecule has 8 heteroatoms. The zero-order chi connectivity index (χ0) is 19.4. The van der Waals surface area contributed by atoms with Crippen LogP contribution >= 0.6 is 0 Å². The van der Waals surface area contributed by atoms with Gasteiger partial charge in [-0.05, 0) is 25.3 Å². The van der Waals surface area contributed by atoms with Crippen LogP contribution in [0.2, 0.25) is 0 Å². The summed E-state index contributed by atoms with van der Waals surface area (Å²) in [6, 6.07) is 5.96. The predicted octanol–water partition coefficient (Wildman–Crippen LogP) is 2.51. The summed E-state index contributed by atoms with van der Waals surface area (Å²) in [5.41, 5.74) is 0.725. The van der Waals surface area contributed by atoms with E-state index in [9.17, 15) is 19.7 Å². The Labute approximate surface area is 153 Å². The molecular formula is C18H26N4O4. The second kappa shape index (κ2) is 8.16. The number of nitrogens with zero attached hydrogens (tertiary/aromatic N) is 4. The van der Waals surface area contributed by atoms with Crippen molar-refractivity contribution in [3.63, 3.8) is 0 Å². The van der Waals surface area contributed by atoms with Crippen LogP contribution in [0.1, 0.15) is 31.4 Å². The molecule has 0 bridgehead atoms. The Morgan fingerprint density at radius 2 is 2.00 bits per heavy atom. The molecule has 0 N–H and O–H groups in total. The van der Waals surface area contributed by atoms with Crippen LogP contribution in [0.5, 0.6) is 0 Å². The summed E-state index contributed by atoms with van der Waals surface area (Å²) in [6.45, 7) is 2.91. The summed E-state index contributed by atoms with van der Waals surface area (Å²) in [7, 11) is 5.10. The summed E-state index contributed by atoms with van der Waals surface area (Å²) < 4.78 is 0. The number of non-ortho nitro benzene ring substituents is 1. The Hall–Kier alpha value is -2.64. The highest BCUT2D eigenvalue weighted by molar-refractivity contribution is 5.81. The summed E-state index contributed by atoms with van der Waals surface area (Å²) in [5.74, 6) is -0.293. The van der Waals surface area contributed by atoms with Crippen LogP contribution in [-0.4, -0.2) is 65.8 Å². The first-order valence-electron chi connectivity index (χ1n) is 8.69. The van der Waals surface area contributed by atoms with Crippen molar-refractivity contribution in [2.24, 2.45) is 5.92 Å². The summed E-state index contributed by atoms with van der Waals surface area (Å²) in [5, 5.41) is 11.0. The van der Waals surface area contributed by atoms with E-state index in [2.05, 4.69) is 0 Å². The van der Waals surface area contributed by atoms with Crippen LogP contribution in [0.4, 0.5) is 10.5 Å². The van der Waals surface area contributed by atoms with Crippen LogP contribution in [0.15, 0.2) is 24.3 Å². The minimum atomic E-state index is -0.441. The molecule has 8 nitrogen and oxygen atoms in total. The number of urea groups is 1. The molecule has 1 aliphatic rings. The van der Waals surface area contributed by atoms with Crippen molar-refractivity contribution in [2.45, 2.75) is 25.8 Å². The third-order valence-electron chi connectivity index (χ3n) is 4.92. The molecule has 2 atom stereocenters. The van der Waals surface area contributed by atoms with Gasteiger partial charge in [-0.15, -0.1) is 0 Å². The van der Waals surface area contributed by atoms with Crippen LogP contribution in [-0.2, 0) is 4.79 Å². The number of piperidine rings is 1. The largest absolute Gasteiger partial charge is 0.339 e. The SMILES string of the molecule is CC(c1cccc([N+](=O)[O-])c1)N(C)C(=O)C1CCCN(C(=O)N(C)C)C1. The minimum absolute atomic E-state index is 0.00983. The van der Waals surface area contributed by atoms with Gasteiger partial charge in [-0.3, -0.25) is 14.9 Å². The van der Waals surface area contributed by atoms with Crippen molar-refractivity contribution in [3.8, 4) is 0 Å². The number of nitro benzene ring substituents is 1. The maximum absolute atomic E-state index is 12.9. The lowest BCUT2D eigenvalue weighted by Crippen LogP contribution is -2.49. The first-order chi connectivity index (χ1) is 12.2. The third-order valence-corrected chi connectivity index (χ3v) is 4.92. The topological polar surface area (TPSA) is 87.0 Å². The van der Waals surface area contributed by atoms with Crippen molar-refractivity contribution in [3.05, 3.63) is 39.9 Å². The number of rotatable bonds is 4. The van der Waals surface area contributed by atoms with Gasteiger partial charge < -0.3 is 14.7 Å². The molecule has 3 amide bonds. The van der Waals surface area contributed by atoms with Gasteiger partial charge in [0, 0.05) is 46.4 Å². The molecule has 0 saturated carbocycles. The molecule has 2 unspecified atom stereocenters. The maximum Gasteiger partial charge on any atom is 0.319 e. The molecule has 0 aromatic heterocycles. The first-order valence-corrected chi connectivity index (χ1v) is 8.69. The number of likely N-dealkylation sites (tertiary alicyclic amines) is 1. The quantitative estimate of drug-likeness (QED) is 0.608. The number of carbonyl (C=O) groups is 2. The van der Waals surface area contributed by atoms with E-state index in [0.29, 0.717) is 18.7 Å². The van der Waals surface area contributed by atoms with E-state index < -0.39 is 4.92 Å². The Morgan fingerprint density at radius 1 is 1.31 bits per heavy atom. The van der Waals surface area contributed by atoms with E-state index in [1.54, 1.807) is 43.1 Å². The lowest BCUT2D eigenvalue weighted by Gasteiger charge is -2.36. The highest BCUT2D eigenvalue weighted by Crippen LogP contribution is 2.26. The van der Waals surface area contributed by atoms with Gasteiger partial charge in [-0.25, -0.2) is 4.79 Å². The van der Waals surface area contributed by atoms with E-state index in [1.807, 2.05) is 6.92 Å². The van der Waals surface area contributed by atoms with Crippen molar-refractivity contribution < 1.29 is 14.5 Å². The molecular weight excluding hydrogens is 336 g/mol. The highest BCUT2D eigenvalue weighted by atomic mass is 16.6. The Balaban J connectivity index is 2.09. The predicted molar refractivity (Wildman–Crippen MR) is 97.7 cm³/mol. The van der Waals surface area contributed by atoms with Gasteiger partial charge in [-0.1, -0.05) is 12.1 Å². The monoisotopic (exact) mass is 362 g/mol. The molecule has 1 heterocycles. The molecule has 1 aromatic rings.